The summed E-state index contributed by atoms with van der Waals surface area (Å²) in [5, 5.41) is 3.00. The Balaban J connectivity index is 1.76. The molecule has 0 aromatic rings. The van der Waals surface area contributed by atoms with Crippen LogP contribution in [-0.2, 0) is 9.59 Å². The van der Waals surface area contributed by atoms with Crippen molar-refractivity contribution >= 4 is 11.7 Å². The van der Waals surface area contributed by atoms with Gasteiger partial charge in [0.05, 0.1) is 6.54 Å². The van der Waals surface area contributed by atoms with E-state index < -0.39 is 0 Å². The predicted molar refractivity (Wildman–Crippen MR) is 70.2 cm³/mol. The highest BCUT2D eigenvalue weighted by atomic mass is 16.2. The average molecular weight is 252 g/mol. The molecule has 0 bridgehead atoms. The molecule has 1 atom stereocenters. The highest BCUT2D eigenvalue weighted by Crippen LogP contribution is 2.27. The monoisotopic (exact) mass is 252 g/mol. The van der Waals surface area contributed by atoms with E-state index in [0.717, 1.165) is 31.8 Å². The van der Waals surface area contributed by atoms with E-state index in [1.54, 1.807) is 6.92 Å². The molecule has 0 aromatic heterocycles. The van der Waals surface area contributed by atoms with Crippen molar-refractivity contribution in [3.8, 4) is 0 Å². The van der Waals surface area contributed by atoms with Gasteiger partial charge in [0.2, 0.25) is 5.91 Å². The molecule has 1 aliphatic carbocycles. The summed E-state index contributed by atoms with van der Waals surface area (Å²) in [5.74, 6) is 1.07. The fourth-order valence-corrected chi connectivity index (χ4v) is 2.65. The molecule has 0 aromatic carbocycles. The van der Waals surface area contributed by atoms with Gasteiger partial charge in [-0.25, -0.2) is 0 Å². The third-order valence-electron chi connectivity index (χ3n) is 3.90. The molecular weight excluding hydrogens is 228 g/mol. The van der Waals surface area contributed by atoms with E-state index in [4.69, 9.17) is 0 Å². The first-order chi connectivity index (χ1) is 8.65. The summed E-state index contributed by atoms with van der Waals surface area (Å²) in [6.45, 7) is 3.89. The maximum Gasteiger partial charge on any atom is 0.234 e. The molecule has 1 aliphatic heterocycles. The second-order valence-corrected chi connectivity index (χ2v) is 5.77. The molecule has 4 heteroatoms. The number of carbonyl (C=O) groups is 2. The smallest absolute Gasteiger partial charge is 0.234 e. The first-order valence-electron chi connectivity index (χ1n) is 7.15. The van der Waals surface area contributed by atoms with Crippen molar-refractivity contribution in [3.63, 3.8) is 0 Å². The van der Waals surface area contributed by atoms with Crippen molar-refractivity contribution in [1.29, 1.82) is 0 Å². The summed E-state index contributed by atoms with van der Waals surface area (Å²) in [5.41, 5.74) is 0. The molecule has 0 radical (unpaired) electrons. The minimum atomic E-state index is 0.123. The summed E-state index contributed by atoms with van der Waals surface area (Å²) >= 11 is 0. The van der Waals surface area contributed by atoms with Crippen LogP contribution in [0.1, 0.15) is 45.4 Å². The van der Waals surface area contributed by atoms with Crippen LogP contribution >= 0.6 is 0 Å². The van der Waals surface area contributed by atoms with E-state index >= 15 is 0 Å². The van der Waals surface area contributed by atoms with Gasteiger partial charge < -0.3 is 5.32 Å². The largest absolute Gasteiger partial charge is 0.355 e. The van der Waals surface area contributed by atoms with E-state index in [9.17, 15) is 9.59 Å². The van der Waals surface area contributed by atoms with Crippen molar-refractivity contribution in [2.75, 3.05) is 19.6 Å². The van der Waals surface area contributed by atoms with E-state index in [1.807, 2.05) is 0 Å². The lowest BCUT2D eigenvalue weighted by molar-refractivity contribution is -0.125. The Bertz CT molecular complexity index is 313. The van der Waals surface area contributed by atoms with Crippen LogP contribution in [0.5, 0.6) is 0 Å². The van der Waals surface area contributed by atoms with Gasteiger partial charge in [0.25, 0.3) is 0 Å². The maximum atomic E-state index is 11.8. The zero-order chi connectivity index (χ0) is 13.0. The average Bonchev–Trinajstić information content (AvgIpc) is 3.12. The van der Waals surface area contributed by atoms with Gasteiger partial charge >= 0.3 is 0 Å². The van der Waals surface area contributed by atoms with Gasteiger partial charge in [-0.2, -0.15) is 0 Å². The van der Waals surface area contributed by atoms with E-state index in [-0.39, 0.29) is 17.7 Å². The Hall–Kier alpha value is -0.900. The molecule has 4 nitrogen and oxygen atoms in total. The van der Waals surface area contributed by atoms with Gasteiger partial charge in [-0.15, -0.1) is 0 Å². The second kappa shape index (κ2) is 6.32. The Kier molecular flexibility index (Phi) is 4.75. The molecule has 1 amide bonds. The van der Waals surface area contributed by atoms with Crippen molar-refractivity contribution in [3.05, 3.63) is 0 Å². The van der Waals surface area contributed by atoms with Crippen molar-refractivity contribution in [1.82, 2.24) is 10.2 Å². The fourth-order valence-electron chi connectivity index (χ4n) is 2.65. The third-order valence-corrected chi connectivity index (χ3v) is 3.90. The number of rotatable bonds is 6. The number of nitrogens with one attached hydrogen (secondary N) is 1. The molecule has 1 N–H and O–H groups in total. The van der Waals surface area contributed by atoms with Crippen molar-refractivity contribution < 1.29 is 9.59 Å². The molecule has 0 spiro atoms. The van der Waals surface area contributed by atoms with Crippen LogP contribution in [0.3, 0.4) is 0 Å². The summed E-state index contributed by atoms with van der Waals surface area (Å²) in [6, 6.07) is 0.280. The van der Waals surface area contributed by atoms with Gasteiger partial charge in [-0.1, -0.05) is 6.42 Å². The van der Waals surface area contributed by atoms with Crippen molar-refractivity contribution in [2.45, 2.75) is 51.5 Å². The normalized spacial score (nSPS) is 24.8. The van der Waals surface area contributed by atoms with E-state index in [2.05, 4.69) is 10.2 Å². The first-order valence-corrected chi connectivity index (χ1v) is 7.15. The van der Waals surface area contributed by atoms with Gasteiger partial charge in [0.15, 0.2) is 0 Å². The lowest BCUT2D eigenvalue weighted by atomic mass is 9.98. The van der Waals surface area contributed by atoms with Crippen LogP contribution < -0.4 is 5.32 Å². The number of likely N-dealkylation sites (tertiary alicyclic amines) is 1. The standard InChI is InChI=1S/C14H24N2O2/c1-11(17)8-13-4-2-3-7-16(13)10-14(18)15-9-12-5-6-12/h12-13H,2-10H2,1H3,(H,15,18). The lowest BCUT2D eigenvalue weighted by Gasteiger charge is -2.34. The minimum Gasteiger partial charge on any atom is -0.355 e. The topological polar surface area (TPSA) is 49.4 Å². The van der Waals surface area contributed by atoms with Gasteiger partial charge in [-0.05, 0) is 45.1 Å². The number of amides is 1. The number of hydrogen-bond acceptors (Lipinski definition) is 3. The number of carbonyl (C=O) groups excluding carboxylic acids is 2. The van der Waals surface area contributed by atoms with Crippen molar-refractivity contribution in [2.24, 2.45) is 5.92 Å². The SMILES string of the molecule is CC(=O)CC1CCCCN1CC(=O)NCC1CC1. The molecule has 1 saturated carbocycles. The highest BCUT2D eigenvalue weighted by Gasteiger charge is 2.26. The molecule has 1 unspecified atom stereocenters. The summed E-state index contributed by atoms with van der Waals surface area (Å²) in [7, 11) is 0. The van der Waals surface area contributed by atoms with Crippen LogP contribution in [0.2, 0.25) is 0 Å². The molecule has 2 aliphatic rings. The number of nitrogens with zero attached hydrogens (tertiary/aromatic N) is 1. The Morgan fingerprint density at radius 2 is 2.00 bits per heavy atom. The van der Waals surface area contributed by atoms with Gasteiger partial charge in [0, 0.05) is 19.0 Å². The third kappa shape index (κ3) is 4.41. The van der Waals surface area contributed by atoms with Crippen LogP contribution in [0.4, 0.5) is 0 Å². The number of hydrogen-bond donors (Lipinski definition) is 1. The van der Waals surface area contributed by atoms with Crippen LogP contribution in [0, 0.1) is 5.92 Å². The summed E-state index contributed by atoms with van der Waals surface area (Å²) in [6.07, 6.45) is 6.49. The van der Waals surface area contributed by atoms with E-state index in [1.165, 1.54) is 19.3 Å². The van der Waals surface area contributed by atoms with Gasteiger partial charge in [0.1, 0.15) is 5.78 Å². The molecular formula is C14H24N2O2. The lowest BCUT2D eigenvalue weighted by Crippen LogP contribution is -2.46. The zero-order valence-electron chi connectivity index (χ0n) is 11.3. The Morgan fingerprint density at radius 3 is 2.67 bits per heavy atom. The fraction of sp³-hybridized carbons (Fsp3) is 0.857. The van der Waals surface area contributed by atoms with E-state index in [0.29, 0.717) is 13.0 Å². The molecule has 2 fully saturated rings. The molecule has 1 saturated heterocycles. The quantitative estimate of drug-likeness (QED) is 0.776. The highest BCUT2D eigenvalue weighted by molar-refractivity contribution is 5.78. The van der Waals surface area contributed by atoms with Gasteiger partial charge in [-0.3, -0.25) is 14.5 Å². The van der Waals surface area contributed by atoms with Crippen LogP contribution in [-0.4, -0.2) is 42.3 Å². The summed E-state index contributed by atoms with van der Waals surface area (Å²) in [4.78, 5) is 25.3. The molecule has 1 heterocycles. The molecule has 102 valence electrons. The maximum absolute atomic E-state index is 11.8. The van der Waals surface area contributed by atoms with Crippen LogP contribution in [0.15, 0.2) is 0 Å². The Labute approximate surface area is 109 Å². The number of piperidine rings is 1. The zero-order valence-corrected chi connectivity index (χ0v) is 11.3. The second-order valence-electron chi connectivity index (χ2n) is 5.77. The molecule has 2 rings (SSSR count). The Morgan fingerprint density at radius 1 is 1.22 bits per heavy atom. The number of ketones is 1. The van der Waals surface area contributed by atoms with Crippen LogP contribution in [0.25, 0.3) is 0 Å². The number of Topliss-reactive ketones (excluding diaryl/α,β-unsaturated/α-hetero) is 1. The molecule has 18 heavy (non-hydrogen) atoms. The predicted octanol–water partition coefficient (Wildman–Crippen LogP) is 1.35. The minimum absolute atomic E-state index is 0.123. The first kappa shape index (κ1) is 13.5. The summed E-state index contributed by atoms with van der Waals surface area (Å²) < 4.78 is 0.